The van der Waals surface area contributed by atoms with E-state index in [0.29, 0.717) is 77.6 Å². The lowest BCUT2D eigenvalue weighted by Crippen LogP contribution is -2.42. The van der Waals surface area contributed by atoms with Gasteiger partial charge >= 0.3 is 0 Å². The topological polar surface area (TPSA) is 158 Å². The third kappa shape index (κ3) is 24.9. The summed E-state index contributed by atoms with van der Waals surface area (Å²) in [6.07, 6.45) is 20.2. The number of ether oxygens (including phenoxy) is 2. The molecule has 0 amide bonds. The zero-order chi connectivity index (χ0) is 49.7. The van der Waals surface area contributed by atoms with Crippen molar-refractivity contribution in [1.29, 1.82) is 0 Å². The van der Waals surface area contributed by atoms with Crippen LogP contribution in [0.5, 0.6) is 0 Å². The minimum absolute atomic E-state index is 0.134. The Morgan fingerprint density at radius 2 is 1.57 bits per heavy atom. The second kappa shape index (κ2) is 37.8. The number of halogens is 2. The number of aliphatic imine (C=N–C) groups is 1. The van der Waals surface area contributed by atoms with Gasteiger partial charge in [-0.25, -0.2) is 13.8 Å². The molecule has 2 heterocycles. The number of aromatic amines is 1. The van der Waals surface area contributed by atoms with Gasteiger partial charge in [0, 0.05) is 35.8 Å². The van der Waals surface area contributed by atoms with Gasteiger partial charge in [-0.3, -0.25) is 19.5 Å². The van der Waals surface area contributed by atoms with Crippen molar-refractivity contribution in [2.75, 3.05) is 55.0 Å². The van der Waals surface area contributed by atoms with Crippen LogP contribution in [0.1, 0.15) is 91.5 Å². The first-order chi connectivity index (χ1) is 31.3. The third-order valence-corrected chi connectivity index (χ3v) is 10.2. The largest absolute Gasteiger partial charge is 0.471 e. The molecule has 1 aliphatic heterocycles. The summed E-state index contributed by atoms with van der Waals surface area (Å²) < 4.78 is 38.2. The normalized spacial score (nSPS) is 14.8. The van der Waals surface area contributed by atoms with Gasteiger partial charge in [0.05, 0.1) is 44.4 Å². The maximum Gasteiger partial charge on any atom is 0.292 e. The number of benzene rings is 2. The SMILES string of the molecule is C#C.C=N/C=C(\NC[C@@H]1CCCCN1C)c1ccc(-c2ccc(-c3cnc(CN(C)CCC)[nH]3)c(F)c2)cc1F.CC.CC(C)[C@H](C)C=O.CN[C@H](C=O)C1CC1.COC=O.COC=O. The van der Waals surface area contributed by atoms with Crippen LogP contribution in [0, 0.1) is 42.2 Å². The number of likely N-dealkylation sites (N-methyl/N-ethyl adjacent to an activating group) is 2. The number of carbonyl (C=O) groups is 4. The molecule has 2 fully saturated rings. The standard InChI is InChI=1S/C30H38F2N6.C6H11NO.C6H12O.2C2H4O2.C2H6.C2H2/c1-5-13-37(3)20-30-35-19-29(36-30)25-12-10-22(16-27(25)32)21-9-11-24(26(31)15-21)28(18-33-2)34-17-23-8-6-7-14-38(23)4;1-7-6(4-8)5-2-3-5;1-5(2)6(3)4-7;2*1-4-2-3;2*1-2/h9-12,15-16,18-19,23,34H,2,5-8,13-14,17,20H2,1,3-4H3,(H,35,36);4-7H,2-3H2,1H3;4-6H,1-3H3;2*2H,1H3;1-2H3;1-2H/b28-18-;;;;;;/t23-;2*6-;;;;/m011..../s1. The van der Waals surface area contributed by atoms with Crippen LogP contribution in [0.15, 0.2) is 53.8 Å². The number of imidazole rings is 1. The molecule has 1 aliphatic carbocycles. The van der Waals surface area contributed by atoms with E-state index >= 15 is 8.78 Å². The number of terminal acetylenes is 1. The smallest absolute Gasteiger partial charge is 0.292 e. The fraction of sp³-hybridized carbons (Fsp3) is 0.520. The summed E-state index contributed by atoms with van der Waals surface area (Å²) in [5.74, 6) is 1.37. The van der Waals surface area contributed by atoms with Gasteiger partial charge in [0.1, 0.15) is 30.0 Å². The number of likely N-dealkylation sites (tertiary alicyclic amines) is 1. The van der Waals surface area contributed by atoms with Crippen LogP contribution in [0.4, 0.5) is 8.78 Å². The first-order valence-corrected chi connectivity index (χ1v) is 22.1. The number of aromatic nitrogens is 2. The van der Waals surface area contributed by atoms with Crippen molar-refractivity contribution in [2.24, 2.45) is 22.7 Å². The number of hydrogen-bond acceptors (Lipinski definition) is 12. The second-order valence-corrected chi connectivity index (χ2v) is 15.3. The highest BCUT2D eigenvalue weighted by Crippen LogP contribution is 2.32. The molecule has 1 saturated heterocycles. The van der Waals surface area contributed by atoms with Crippen molar-refractivity contribution in [2.45, 2.75) is 98.7 Å². The van der Waals surface area contributed by atoms with Crippen molar-refractivity contribution in [1.82, 2.24) is 30.4 Å². The van der Waals surface area contributed by atoms with E-state index in [-0.39, 0.29) is 17.8 Å². The number of hydrogen-bond donors (Lipinski definition) is 3. The zero-order valence-electron chi connectivity index (χ0n) is 40.7. The van der Waals surface area contributed by atoms with E-state index in [2.05, 4.69) is 78.4 Å². The van der Waals surface area contributed by atoms with Crippen molar-refractivity contribution >= 4 is 37.9 Å². The van der Waals surface area contributed by atoms with Crippen molar-refractivity contribution in [3.63, 3.8) is 0 Å². The van der Waals surface area contributed by atoms with Gasteiger partial charge in [-0.1, -0.05) is 60.1 Å². The fourth-order valence-corrected chi connectivity index (χ4v) is 6.08. The summed E-state index contributed by atoms with van der Waals surface area (Å²) in [5.41, 5.74) is 3.25. The lowest BCUT2D eigenvalue weighted by atomic mass is 9.99. The highest BCUT2D eigenvalue weighted by Gasteiger charge is 2.29. The lowest BCUT2D eigenvalue weighted by Gasteiger charge is -2.33. The molecule has 3 aromatic rings. The maximum atomic E-state index is 15.3. The quantitative estimate of drug-likeness (QED) is 0.0639. The molecule has 2 aromatic carbocycles. The molecule has 0 radical (unpaired) electrons. The number of H-pyrrole nitrogens is 1. The molecule has 13 nitrogen and oxygen atoms in total. The van der Waals surface area contributed by atoms with Crippen LogP contribution >= 0.6 is 0 Å². The molecule has 2 aliphatic rings. The van der Waals surface area contributed by atoms with Gasteiger partial charge in [-0.05, 0) is 120 Å². The van der Waals surface area contributed by atoms with Crippen molar-refractivity contribution < 1.29 is 37.4 Å². The number of rotatable bonds is 18. The third-order valence-electron chi connectivity index (χ3n) is 10.2. The Hall–Kier alpha value is -5.56. The molecule has 3 atom stereocenters. The summed E-state index contributed by atoms with van der Waals surface area (Å²) in [7, 11) is 8.61. The second-order valence-electron chi connectivity index (χ2n) is 15.3. The van der Waals surface area contributed by atoms with Crippen LogP contribution in [0.25, 0.3) is 28.1 Å². The van der Waals surface area contributed by atoms with E-state index in [1.54, 1.807) is 36.7 Å². The van der Waals surface area contributed by atoms with E-state index in [4.69, 9.17) is 9.59 Å². The molecule has 362 valence electrons. The Labute approximate surface area is 388 Å². The fourth-order valence-electron chi connectivity index (χ4n) is 6.08. The molecule has 65 heavy (non-hydrogen) atoms. The van der Waals surface area contributed by atoms with Gasteiger partial charge in [0.15, 0.2) is 0 Å². The molecule has 0 unspecified atom stereocenters. The highest BCUT2D eigenvalue weighted by molar-refractivity contribution is 5.73. The number of piperidine rings is 1. The summed E-state index contributed by atoms with van der Waals surface area (Å²) in [6.45, 7) is 19.8. The molecular weight excluding hydrogens is 833 g/mol. The lowest BCUT2D eigenvalue weighted by molar-refractivity contribution is -0.126. The van der Waals surface area contributed by atoms with Crippen LogP contribution in [-0.2, 0) is 35.2 Å². The van der Waals surface area contributed by atoms with Crippen molar-refractivity contribution in [3.8, 4) is 35.2 Å². The monoisotopic (exact) mass is 910 g/mol. The molecule has 1 aromatic heterocycles. The average Bonchev–Trinajstić information content (AvgIpc) is 4.07. The molecule has 5 rings (SSSR count). The first-order valence-electron chi connectivity index (χ1n) is 22.1. The number of aldehydes is 2. The molecule has 3 N–H and O–H groups in total. The Balaban J connectivity index is 0. The van der Waals surface area contributed by atoms with Crippen LogP contribution in [0.2, 0.25) is 0 Å². The molecule has 0 spiro atoms. The predicted octanol–water partition coefficient (Wildman–Crippen LogP) is 8.45. The van der Waals surface area contributed by atoms with Crippen LogP contribution in [0.3, 0.4) is 0 Å². The number of carbonyl (C=O) groups excluding carboxylic acids is 4. The van der Waals surface area contributed by atoms with E-state index < -0.39 is 5.82 Å². The Kier molecular flexibility index (Phi) is 35.8. The van der Waals surface area contributed by atoms with Crippen LogP contribution in [-0.4, -0.2) is 119 Å². The van der Waals surface area contributed by atoms with Gasteiger partial charge < -0.3 is 39.6 Å². The van der Waals surface area contributed by atoms with E-state index in [0.717, 1.165) is 44.3 Å². The van der Waals surface area contributed by atoms with Crippen LogP contribution < -0.4 is 10.6 Å². The Bertz CT molecular complexity index is 1810. The molecule has 0 bridgehead atoms. The van der Waals surface area contributed by atoms with Crippen molar-refractivity contribution in [3.05, 3.63) is 71.8 Å². The number of nitrogens with one attached hydrogen (secondary N) is 3. The number of methoxy groups -OCH3 is 2. The van der Waals surface area contributed by atoms with Gasteiger partial charge in [0.2, 0.25) is 0 Å². The number of nitrogens with zero attached hydrogens (tertiary/aromatic N) is 4. The molecule has 1 saturated carbocycles. The van der Waals surface area contributed by atoms with E-state index in [1.165, 1.54) is 52.0 Å². The van der Waals surface area contributed by atoms with Gasteiger partial charge in [-0.15, -0.1) is 12.8 Å². The molecular formula is C50H77F2N7O6. The van der Waals surface area contributed by atoms with Gasteiger partial charge in [-0.2, -0.15) is 0 Å². The predicted molar refractivity (Wildman–Crippen MR) is 261 cm³/mol. The van der Waals surface area contributed by atoms with E-state index in [1.807, 2.05) is 48.7 Å². The van der Waals surface area contributed by atoms with E-state index in [9.17, 15) is 9.59 Å². The summed E-state index contributed by atoms with van der Waals surface area (Å²) in [4.78, 5) is 54.0. The minimum Gasteiger partial charge on any atom is -0.471 e. The summed E-state index contributed by atoms with van der Waals surface area (Å²) in [6, 6.07) is 10.4. The summed E-state index contributed by atoms with van der Waals surface area (Å²) >= 11 is 0. The highest BCUT2D eigenvalue weighted by atomic mass is 19.1. The summed E-state index contributed by atoms with van der Waals surface area (Å²) in [5, 5.41) is 6.31. The Morgan fingerprint density at radius 3 is 1.98 bits per heavy atom. The average molecular weight is 910 g/mol. The zero-order valence-corrected chi connectivity index (χ0v) is 40.7. The maximum absolute atomic E-state index is 15.3. The van der Waals surface area contributed by atoms with Gasteiger partial charge in [0.25, 0.3) is 12.9 Å². The minimum atomic E-state index is -0.402. The molecule has 15 heteroatoms. The Morgan fingerprint density at radius 1 is 0.985 bits per heavy atom. The first kappa shape index (κ1) is 61.5.